The summed E-state index contributed by atoms with van der Waals surface area (Å²) in [6, 6.07) is 16.6. The van der Waals surface area contributed by atoms with E-state index in [1.54, 1.807) is 16.4 Å². The molecule has 5 nitrogen and oxygen atoms in total. The van der Waals surface area contributed by atoms with Gasteiger partial charge in [0.2, 0.25) is 10.0 Å². The van der Waals surface area contributed by atoms with Crippen LogP contribution >= 0.6 is 0 Å². The Morgan fingerprint density at radius 3 is 2.35 bits per heavy atom. The van der Waals surface area contributed by atoms with Gasteiger partial charge in [-0.1, -0.05) is 48.0 Å². The topological polar surface area (TPSA) is 60.9 Å². The number of hydrogen-bond acceptors (Lipinski definition) is 4. The van der Waals surface area contributed by atoms with E-state index >= 15 is 0 Å². The molecule has 2 aromatic rings. The second-order valence-corrected chi connectivity index (χ2v) is 8.74. The average molecular weight is 375 g/mol. The van der Waals surface area contributed by atoms with E-state index in [1.807, 2.05) is 49.4 Å². The van der Waals surface area contributed by atoms with Crippen LogP contribution in [-0.4, -0.2) is 55.5 Å². The molecule has 1 atom stereocenters. The first kappa shape index (κ1) is 19.0. The molecule has 0 amide bonds. The van der Waals surface area contributed by atoms with Gasteiger partial charge < -0.3 is 5.11 Å². The fourth-order valence-corrected chi connectivity index (χ4v) is 4.72. The summed E-state index contributed by atoms with van der Waals surface area (Å²) in [4.78, 5) is 2.49. The summed E-state index contributed by atoms with van der Waals surface area (Å²) < 4.78 is 27.3. The zero-order valence-electron chi connectivity index (χ0n) is 15.1. The summed E-state index contributed by atoms with van der Waals surface area (Å²) in [5.74, 6) is 0. The molecule has 1 saturated heterocycles. The number of nitrogens with zero attached hydrogens (tertiary/aromatic N) is 2. The minimum Gasteiger partial charge on any atom is -0.387 e. The molecular weight excluding hydrogens is 348 g/mol. The van der Waals surface area contributed by atoms with Crippen LogP contribution in [0.15, 0.2) is 59.5 Å². The Labute approximate surface area is 155 Å². The molecule has 2 aromatic carbocycles. The highest BCUT2D eigenvalue weighted by molar-refractivity contribution is 7.89. The Bertz CT molecular complexity index is 807. The van der Waals surface area contributed by atoms with Crippen molar-refractivity contribution in [3.8, 4) is 0 Å². The van der Waals surface area contributed by atoms with E-state index in [4.69, 9.17) is 0 Å². The predicted molar refractivity (Wildman–Crippen MR) is 102 cm³/mol. The molecule has 0 radical (unpaired) electrons. The van der Waals surface area contributed by atoms with Crippen LogP contribution in [0.4, 0.5) is 0 Å². The van der Waals surface area contributed by atoms with E-state index in [-0.39, 0.29) is 0 Å². The van der Waals surface area contributed by atoms with Crippen molar-refractivity contribution >= 4 is 10.0 Å². The van der Waals surface area contributed by atoms with Gasteiger partial charge in [-0.3, -0.25) is 4.90 Å². The van der Waals surface area contributed by atoms with Crippen LogP contribution in [0, 0.1) is 6.92 Å². The molecule has 0 aliphatic carbocycles. The number of sulfonamides is 1. The summed E-state index contributed by atoms with van der Waals surface area (Å²) in [6.45, 7) is 4.81. The SMILES string of the molecule is Cc1ccc(S(=O)(=O)N2CCCN(C[C@@H](O)c3ccccc3)CC2)cc1. The van der Waals surface area contributed by atoms with Crippen molar-refractivity contribution in [2.45, 2.75) is 24.3 Å². The van der Waals surface area contributed by atoms with E-state index in [2.05, 4.69) is 4.90 Å². The number of aliphatic hydroxyl groups excluding tert-OH is 1. The van der Waals surface area contributed by atoms with Gasteiger partial charge in [0.05, 0.1) is 11.0 Å². The van der Waals surface area contributed by atoms with Gasteiger partial charge in [-0.05, 0) is 37.6 Å². The Kier molecular flexibility index (Phi) is 6.09. The highest BCUT2D eigenvalue weighted by atomic mass is 32.2. The van der Waals surface area contributed by atoms with Crippen molar-refractivity contribution in [1.29, 1.82) is 0 Å². The minimum atomic E-state index is -3.46. The third-order valence-corrected chi connectivity index (χ3v) is 6.73. The monoisotopic (exact) mass is 374 g/mol. The predicted octanol–water partition coefficient (Wildman–Crippen LogP) is 2.43. The summed E-state index contributed by atoms with van der Waals surface area (Å²) in [5, 5.41) is 10.4. The third-order valence-electron chi connectivity index (χ3n) is 4.82. The molecule has 1 N–H and O–H groups in total. The first-order chi connectivity index (χ1) is 12.5. The highest BCUT2D eigenvalue weighted by Gasteiger charge is 2.27. The summed E-state index contributed by atoms with van der Waals surface area (Å²) in [7, 11) is -3.46. The largest absolute Gasteiger partial charge is 0.387 e. The van der Waals surface area contributed by atoms with Gasteiger partial charge in [-0.25, -0.2) is 8.42 Å². The van der Waals surface area contributed by atoms with Crippen LogP contribution in [0.5, 0.6) is 0 Å². The molecule has 1 aliphatic heterocycles. The van der Waals surface area contributed by atoms with E-state index in [9.17, 15) is 13.5 Å². The standard InChI is InChI=1S/C20H26N2O3S/c1-17-8-10-19(11-9-17)26(24,25)22-13-5-12-21(14-15-22)16-20(23)18-6-3-2-4-7-18/h2-4,6-11,20,23H,5,12-16H2,1H3/t20-/m1/s1. The van der Waals surface area contributed by atoms with Crippen molar-refractivity contribution in [2.75, 3.05) is 32.7 Å². The molecule has 0 saturated carbocycles. The Hall–Kier alpha value is -1.73. The molecule has 0 aromatic heterocycles. The van der Waals surface area contributed by atoms with E-state index in [1.165, 1.54) is 0 Å². The van der Waals surface area contributed by atoms with E-state index in [0.717, 1.165) is 24.1 Å². The van der Waals surface area contributed by atoms with E-state index in [0.29, 0.717) is 31.1 Å². The zero-order chi connectivity index (χ0) is 18.6. The van der Waals surface area contributed by atoms with Crippen LogP contribution in [0.2, 0.25) is 0 Å². The fraction of sp³-hybridized carbons (Fsp3) is 0.400. The molecule has 1 heterocycles. The Morgan fingerprint density at radius 2 is 1.65 bits per heavy atom. The molecule has 140 valence electrons. The van der Waals surface area contributed by atoms with Crippen molar-refractivity contribution in [1.82, 2.24) is 9.21 Å². The lowest BCUT2D eigenvalue weighted by atomic mass is 10.1. The smallest absolute Gasteiger partial charge is 0.243 e. The second-order valence-electron chi connectivity index (χ2n) is 6.80. The van der Waals surface area contributed by atoms with E-state index < -0.39 is 16.1 Å². The Balaban J connectivity index is 1.63. The summed E-state index contributed by atoms with van der Waals surface area (Å²) in [5.41, 5.74) is 1.93. The van der Waals surface area contributed by atoms with Crippen molar-refractivity contribution in [3.63, 3.8) is 0 Å². The maximum atomic E-state index is 12.9. The quantitative estimate of drug-likeness (QED) is 0.873. The lowest BCUT2D eigenvalue weighted by Gasteiger charge is -2.24. The van der Waals surface area contributed by atoms with Gasteiger partial charge >= 0.3 is 0 Å². The maximum Gasteiger partial charge on any atom is 0.243 e. The molecule has 1 fully saturated rings. The first-order valence-corrected chi connectivity index (χ1v) is 10.4. The summed E-state index contributed by atoms with van der Waals surface area (Å²) in [6.07, 6.45) is 0.198. The molecule has 26 heavy (non-hydrogen) atoms. The van der Waals surface area contributed by atoms with Gasteiger partial charge in [0.1, 0.15) is 0 Å². The number of hydrogen-bond donors (Lipinski definition) is 1. The van der Waals surface area contributed by atoms with Gasteiger partial charge in [-0.2, -0.15) is 4.31 Å². The zero-order valence-corrected chi connectivity index (χ0v) is 15.9. The van der Waals surface area contributed by atoms with Crippen molar-refractivity contribution in [2.24, 2.45) is 0 Å². The molecule has 0 bridgehead atoms. The molecule has 0 unspecified atom stereocenters. The molecule has 0 spiro atoms. The fourth-order valence-electron chi connectivity index (χ4n) is 3.25. The lowest BCUT2D eigenvalue weighted by molar-refractivity contribution is 0.116. The number of aliphatic hydroxyl groups is 1. The third kappa shape index (κ3) is 4.51. The van der Waals surface area contributed by atoms with Crippen LogP contribution in [-0.2, 0) is 10.0 Å². The normalized spacial score (nSPS) is 18.4. The van der Waals surface area contributed by atoms with Gasteiger partial charge in [0.15, 0.2) is 0 Å². The van der Waals surface area contributed by atoms with Gasteiger partial charge in [-0.15, -0.1) is 0 Å². The minimum absolute atomic E-state index is 0.348. The van der Waals surface area contributed by atoms with Gasteiger partial charge in [0.25, 0.3) is 0 Å². The van der Waals surface area contributed by atoms with Crippen LogP contribution < -0.4 is 0 Å². The second kappa shape index (κ2) is 8.31. The Morgan fingerprint density at radius 1 is 0.962 bits per heavy atom. The van der Waals surface area contributed by atoms with Crippen LogP contribution in [0.3, 0.4) is 0 Å². The number of benzene rings is 2. The molecule has 6 heteroatoms. The number of rotatable bonds is 5. The molecule has 1 aliphatic rings. The first-order valence-electron chi connectivity index (χ1n) is 8.99. The highest BCUT2D eigenvalue weighted by Crippen LogP contribution is 2.20. The maximum absolute atomic E-state index is 12.9. The number of β-amino-alcohol motifs (C(OH)–C–C–N with tert-alkyl or cyclic N) is 1. The van der Waals surface area contributed by atoms with Crippen molar-refractivity contribution < 1.29 is 13.5 Å². The average Bonchev–Trinajstić information content (AvgIpc) is 2.89. The van der Waals surface area contributed by atoms with Gasteiger partial charge in [0, 0.05) is 26.2 Å². The number of aryl methyl sites for hydroxylation is 1. The molecular formula is C20H26N2O3S. The lowest BCUT2D eigenvalue weighted by Crippen LogP contribution is -2.36. The van der Waals surface area contributed by atoms with Crippen LogP contribution in [0.1, 0.15) is 23.7 Å². The van der Waals surface area contributed by atoms with Crippen molar-refractivity contribution in [3.05, 3.63) is 65.7 Å². The van der Waals surface area contributed by atoms with Crippen LogP contribution in [0.25, 0.3) is 0 Å². The summed E-state index contributed by atoms with van der Waals surface area (Å²) >= 11 is 0. The molecule has 3 rings (SSSR count).